The van der Waals surface area contributed by atoms with Gasteiger partial charge in [0.15, 0.2) is 5.82 Å². The number of hydrogen-bond acceptors (Lipinski definition) is 6. The fourth-order valence-corrected chi connectivity index (χ4v) is 4.44. The van der Waals surface area contributed by atoms with Crippen molar-refractivity contribution in [2.45, 2.75) is 13.0 Å². The summed E-state index contributed by atoms with van der Waals surface area (Å²) in [5.41, 5.74) is 2.82. The number of benzene rings is 1. The third-order valence-electron chi connectivity index (χ3n) is 6.07. The first-order chi connectivity index (χ1) is 16.7. The zero-order valence-electron chi connectivity index (χ0n) is 18.9. The van der Waals surface area contributed by atoms with Crippen molar-refractivity contribution in [3.05, 3.63) is 103 Å². The lowest BCUT2D eigenvalue weighted by Gasteiger charge is -2.24. The van der Waals surface area contributed by atoms with Crippen LogP contribution in [-0.2, 0) is 13.0 Å². The SMILES string of the molecule is O=C(c1ccc(-n2cccn2)nc1)N1CCN(Cc2ccccc2)C[C@H](Cc2cnccn2)C1. The molecule has 5 rings (SSSR count). The lowest BCUT2D eigenvalue weighted by molar-refractivity contribution is 0.0745. The van der Waals surface area contributed by atoms with E-state index >= 15 is 0 Å². The predicted molar refractivity (Wildman–Crippen MR) is 128 cm³/mol. The summed E-state index contributed by atoms with van der Waals surface area (Å²) in [6.07, 6.45) is 11.2. The first kappa shape index (κ1) is 21.9. The Bertz CT molecular complexity index is 1180. The summed E-state index contributed by atoms with van der Waals surface area (Å²) in [6.45, 7) is 3.91. The molecule has 3 aromatic heterocycles. The van der Waals surface area contributed by atoms with Crippen molar-refractivity contribution < 1.29 is 4.79 Å². The van der Waals surface area contributed by atoms with Gasteiger partial charge in [0.1, 0.15) is 0 Å². The Labute approximate surface area is 198 Å². The third kappa shape index (κ3) is 5.35. The van der Waals surface area contributed by atoms with Crippen molar-refractivity contribution >= 4 is 5.91 Å². The van der Waals surface area contributed by atoms with Crippen LogP contribution in [0.15, 0.2) is 85.7 Å². The average Bonchev–Trinajstić information content (AvgIpc) is 3.35. The van der Waals surface area contributed by atoms with E-state index in [-0.39, 0.29) is 11.8 Å². The molecule has 0 radical (unpaired) electrons. The molecule has 172 valence electrons. The van der Waals surface area contributed by atoms with Gasteiger partial charge >= 0.3 is 0 Å². The summed E-state index contributed by atoms with van der Waals surface area (Å²) in [4.78, 5) is 31.0. The number of amides is 1. The summed E-state index contributed by atoms with van der Waals surface area (Å²) in [7, 11) is 0. The van der Waals surface area contributed by atoms with E-state index in [1.807, 2.05) is 41.6 Å². The Kier molecular flexibility index (Phi) is 6.67. The van der Waals surface area contributed by atoms with Gasteiger partial charge in [0.2, 0.25) is 0 Å². The minimum atomic E-state index is 0.00484. The number of carbonyl (C=O) groups excluding carboxylic acids is 1. The molecule has 0 bridgehead atoms. The first-order valence-corrected chi connectivity index (χ1v) is 11.5. The molecule has 0 aliphatic carbocycles. The molecule has 1 saturated heterocycles. The molecule has 0 spiro atoms. The molecule has 8 nitrogen and oxygen atoms in total. The van der Waals surface area contributed by atoms with Gasteiger partial charge in [-0.3, -0.25) is 19.7 Å². The number of nitrogens with zero attached hydrogens (tertiary/aromatic N) is 7. The van der Waals surface area contributed by atoms with Crippen LogP contribution < -0.4 is 0 Å². The molecule has 4 heterocycles. The molecule has 0 N–H and O–H groups in total. The van der Waals surface area contributed by atoms with Crippen LogP contribution in [0.5, 0.6) is 0 Å². The normalized spacial score (nSPS) is 16.8. The van der Waals surface area contributed by atoms with Gasteiger partial charge in [-0.1, -0.05) is 30.3 Å². The van der Waals surface area contributed by atoms with Crippen LogP contribution in [0.3, 0.4) is 0 Å². The van der Waals surface area contributed by atoms with Crippen molar-refractivity contribution in [2.24, 2.45) is 5.92 Å². The summed E-state index contributed by atoms with van der Waals surface area (Å²) in [5, 5.41) is 4.20. The van der Waals surface area contributed by atoms with Crippen molar-refractivity contribution in [2.75, 3.05) is 26.2 Å². The second-order valence-electron chi connectivity index (χ2n) is 8.59. The molecule has 1 aromatic carbocycles. The van der Waals surface area contributed by atoms with Crippen LogP contribution >= 0.6 is 0 Å². The summed E-state index contributed by atoms with van der Waals surface area (Å²) in [6, 6.07) is 16.0. The molecular weight excluding hydrogens is 426 g/mol. The quantitative estimate of drug-likeness (QED) is 0.447. The van der Waals surface area contributed by atoms with Crippen molar-refractivity contribution in [1.29, 1.82) is 0 Å². The van der Waals surface area contributed by atoms with Gasteiger partial charge in [0.25, 0.3) is 5.91 Å². The number of aromatic nitrogens is 5. The maximum Gasteiger partial charge on any atom is 0.255 e. The van der Waals surface area contributed by atoms with Crippen molar-refractivity contribution in [1.82, 2.24) is 34.5 Å². The van der Waals surface area contributed by atoms with Gasteiger partial charge in [-0.2, -0.15) is 5.10 Å². The Balaban J connectivity index is 1.33. The predicted octanol–water partition coefficient (Wildman–Crippen LogP) is 2.87. The number of rotatable bonds is 6. The number of pyridine rings is 1. The van der Waals surface area contributed by atoms with Crippen LogP contribution in [0.4, 0.5) is 0 Å². The molecule has 0 saturated carbocycles. The highest BCUT2D eigenvalue weighted by Gasteiger charge is 2.27. The molecule has 34 heavy (non-hydrogen) atoms. The van der Waals surface area contributed by atoms with Gasteiger partial charge in [0, 0.05) is 69.9 Å². The molecule has 1 amide bonds. The molecule has 1 aliphatic heterocycles. The molecule has 8 heteroatoms. The molecular formula is C26H27N7O. The summed E-state index contributed by atoms with van der Waals surface area (Å²) < 4.78 is 1.68. The zero-order chi connectivity index (χ0) is 23.2. The van der Waals surface area contributed by atoms with E-state index in [0.29, 0.717) is 24.5 Å². The van der Waals surface area contributed by atoms with E-state index in [1.165, 1.54) is 5.56 Å². The second-order valence-corrected chi connectivity index (χ2v) is 8.59. The van der Waals surface area contributed by atoms with E-state index in [2.05, 4.69) is 49.2 Å². The standard InChI is InChI=1S/C26H27N7O/c34-26(23-7-8-25(29-16-23)33-12-4-9-30-33)32-14-13-31(18-21-5-2-1-3-6-21)19-22(20-32)15-24-17-27-10-11-28-24/h1-12,16-17,22H,13-15,18-20H2/t22-/m0/s1. The molecule has 1 atom stereocenters. The zero-order valence-corrected chi connectivity index (χ0v) is 18.9. The van der Waals surface area contributed by atoms with Gasteiger partial charge in [-0.25, -0.2) is 9.67 Å². The van der Waals surface area contributed by atoms with E-state index in [1.54, 1.807) is 29.5 Å². The van der Waals surface area contributed by atoms with Crippen LogP contribution in [-0.4, -0.2) is 66.6 Å². The Morgan fingerprint density at radius 2 is 1.82 bits per heavy atom. The fraction of sp³-hybridized carbons (Fsp3) is 0.269. The monoisotopic (exact) mass is 453 g/mol. The molecule has 1 fully saturated rings. The lowest BCUT2D eigenvalue weighted by atomic mass is 10.0. The number of hydrogen-bond donors (Lipinski definition) is 0. The largest absolute Gasteiger partial charge is 0.337 e. The number of carbonyl (C=O) groups is 1. The average molecular weight is 454 g/mol. The first-order valence-electron chi connectivity index (χ1n) is 11.5. The topological polar surface area (TPSA) is 80.0 Å². The lowest BCUT2D eigenvalue weighted by Crippen LogP contribution is -2.36. The summed E-state index contributed by atoms with van der Waals surface area (Å²) in [5.74, 6) is 0.945. The highest BCUT2D eigenvalue weighted by atomic mass is 16.2. The van der Waals surface area contributed by atoms with Crippen LogP contribution in [0.2, 0.25) is 0 Å². The fourth-order valence-electron chi connectivity index (χ4n) is 4.44. The maximum atomic E-state index is 13.4. The van der Waals surface area contributed by atoms with Gasteiger partial charge < -0.3 is 4.90 Å². The maximum absolute atomic E-state index is 13.4. The third-order valence-corrected chi connectivity index (χ3v) is 6.07. The van der Waals surface area contributed by atoms with Crippen LogP contribution in [0, 0.1) is 5.92 Å². The van der Waals surface area contributed by atoms with Gasteiger partial charge in [-0.15, -0.1) is 0 Å². The smallest absolute Gasteiger partial charge is 0.255 e. The second kappa shape index (κ2) is 10.4. The van der Waals surface area contributed by atoms with Crippen molar-refractivity contribution in [3.8, 4) is 5.82 Å². The van der Waals surface area contributed by atoms with Gasteiger partial charge in [0.05, 0.1) is 11.3 Å². The van der Waals surface area contributed by atoms with Crippen molar-refractivity contribution in [3.63, 3.8) is 0 Å². The Morgan fingerprint density at radius 1 is 0.912 bits per heavy atom. The van der Waals surface area contributed by atoms with Crippen LogP contribution in [0.1, 0.15) is 21.6 Å². The van der Waals surface area contributed by atoms with E-state index in [0.717, 1.165) is 31.7 Å². The highest BCUT2D eigenvalue weighted by Crippen LogP contribution is 2.18. The van der Waals surface area contributed by atoms with Crippen LogP contribution in [0.25, 0.3) is 5.82 Å². The minimum Gasteiger partial charge on any atom is -0.337 e. The van der Waals surface area contributed by atoms with Gasteiger partial charge in [-0.05, 0) is 36.1 Å². The van der Waals surface area contributed by atoms with E-state index in [4.69, 9.17) is 0 Å². The molecule has 0 unspecified atom stereocenters. The van der Waals surface area contributed by atoms with E-state index in [9.17, 15) is 4.79 Å². The highest BCUT2D eigenvalue weighted by molar-refractivity contribution is 5.94. The Hall–Kier alpha value is -3.91. The Morgan fingerprint density at radius 3 is 2.56 bits per heavy atom. The summed E-state index contributed by atoms with van der Waals surface area (Å²) >= 11 is 0. The molecule has 4 aromatic rings. The minimum absolute atomic E-state index is 0.00484. The molecule has 1 aliphatic rings. The van der Waals surface area contributed by atoms with E-state index < -0.39 is 0 Å².